The number of alkyl halides is 3. The number of nitrogens with one attached hydrogen (secondary N) is 1. The molecule has 206 valence electrons. The van der Waals surface area contributed by atoms with Gasteiger partial charge >= 0.3 is 6.18 Å². The fraction of sp³-hybridized carbons (Fsp3) is 0.250. The van der Waals surface area contributed by atoms with Gasteiger partial charge in [0.1, 0.15) is 18.1 Å². The van der Waals surface area contributed by atoms with Gasteiger partial charge in [0.2, 0.25) is 0 Å². The monoisotopic (exact) mass is 569 g/mol. The van der Waals surface area contributed by atoms with E-state index in [1.807, 2.05) is 29.2 Å². The number of aromatic nitrogens is 2. The van der Waals surface area contributed by atoms with E-state index in [1.165, 1.54) is 12.3 Å². The van der Waals surface area contributed by atoms with Crippen LogP contribution in [0.3, 0.4) is 0 Å². The standard InChI is InChI=1S/C28H23ClF3N5O3/c29-17-14-21(34-24(15-17)28(30,31)32)18-4-3-5-19-25(18)33-16-20(26(19)36-8-11-39-12-9-36)27(38)35-37-10-13-40-23-7-2-1-6-22(23)37/h1-7,14-16H,8-13H2,(H,35,38). The fourth-order valence-corrected chi connectivity index (χ4v) is 5.17. The third kappa shape index (κ3) is 4.98. The van der Waals surface area contributed by atoms with Gasteiger partial charge in [-0.3, -0.25) is 20.2 Å². The van der Waals surface area contributed by atoms with E-state index in [-0.39, 0.29) is 16.6 Å². The first-order valence-electron chi connectivity index (χ1n) is 12.6. The third-order valence-corrected chi connectivity index (χ3v) is 6.98. The molecule has 1 N–H and O–H groups in total. The van der Waals surface area contributed by atoms with Crippen molar-refractivity contribution in [2.75, 3.05) is 49.4 Å². The molecule has 2 aromatic carbocycles. The number of carbonyl (C=O) groups is 1. The number of hydrazine groups is 1. The first-order valence-corrected chi connectivity index (χ1v) is 13.0. The van der Waals surface area contributed by atoms with Crippen LogP contribution < -0.4 is 20.1 Å². The van der Waals surface area contributed by atoms with Crippen molar-refractivity contribution in [2.45, 2.75) is 6.18 Å². The van der Waals surface area contributed by atoms with Gasteiger partial charge < -0.3 is 14.4 Å². The van der Waals surface area contributed by atoms with Crippen LogP contribution in [0.2, 0.25) is 5.02 Å². The van der Waals surface area contributed by atoms with Crippen LogP contribution in [0.15, 0.2) is 60.8 Å². The van der Waals surface area contributed by atoms with E-state index in [0.717, 1.165) is 11.8 Å². The van der Waals surface area contributed by atoms with E-state index in [2.05, 4.69) is 15.4 Å². The van der Waals surface area contributed by atoms with Crippen LogP contribution in [0.5, 0.6) is 5.75 Å². The van der Waals surface area contributed by atoms with Crippen LogP contribution in [0.25, 0.3) is 22.2 Å². The predicted octanol–water partition coefficient (Wildman–Crippen LogP) is 5.35. The number of pyridine rings is 2. The normalized spacial score (nSPS) is 15.5. The molecule has 4 heterocycles. The summed E-state index contributed by atoms with van der Waals surface area (Å²) in [5, 5.41) is 2.24. The van der Waals surface area contributed by atoms with Gasteiger partial charge in [-0.15, -0.1) is 0 Å². The van der Waals surface area contributed by atoms with Crippen molar-refractivity contribution in [2.24, 2.45) is 0 Å². The largest absolute Gasteiger partial charge is 0.489 e. The number of ether oxygens (including phenoxy) is 2. The number of rotatable bonds is 4. The number of para-hydroxylation sites is 3. The number of morpholine rings is 1. The summed E-state index contributed by atoms with van der Waals surface area (Å²) in [6.07, 6.45) is -3.21. The first-order chi connectivity index (χ1) is 19.3. The molecule has 0 bridgehead atoms. The minimum absolute atomic E-state index is 0.0352. The van der Waals surface area contributed by atoms with Crippen molar-refractivity contribution >= 4 is 39.8 Å². The molecule has 2 aliphatic heterocycles. The second kappa shape index (κ2) is 10.5. The second-order valence-electron chi connectivity index (χ2n) is 9.28. The zero-order valence-electron chi connectivity index (χ0n) is 21.0. The molecule has 40 heavy (non-hydrogen) atoms. The maximum atomic E-state index is 13.7. The maximum absolute atomic E-state index is 13.7. The Morgan fingerprint density at radius 2 is 1.80 bits per heavy atom. The van der Waals surface area contributed by atoms with Crippen molar-refractivity contribution in [3.8, 4) is 17.0 Å². The molecule has 1 amide bonds. The summed E-state index contributed by atoms with van der Waals surface area (Å²) >= 11 is 6.06. The van der Waals surface area contributed by atoms with E-state index in [4.69, 9.17) is 21.1 Å². The maximum Gasteiger partial charge on any atom is 0.433 e. The summed E-state index contributed by atoms with van der Waals surface area (Å²) < 4.78 is 51.7. The molecule has 0 radical (unpaired) electrons. The van der Waals surface area contributed by atoms with Crippen molar-refractivity contribution < 1.29 is 27.4 Å². The molecular weight excluding hydrogens is 547 g/mol. The van der Waals surface area contributed by atoms with Crippen LogP contribution in [0.4, 0.5) is 24.5 Å². The van der Waals surface area contributed by atoms with Crippen molar-refractivity contribution in [1.29, 1.82) is 0 Å². The van der Waals surface area contributed by atoms with Crippen LogP contribution in [0, 0.1) is 0 Å². The average Bonchev–Trinajstić information content (AvgIpc) is 2.96. The Kier molecular flexibility index (Phi) is 6.85. The first kappa shape index (κ1) is 26.1. The molecule has 0 unspecified atom stereocenters. The molecule has 2 aliphatic rings. The summed E-state index contributed by atoms with van der Waals surface area (Å²) in [6.45, 7) is 2.83. The summed E-state index contributed by atoms with van der Waals surface area (Å²) in [5.41, 5.74) is 4.36. The Morgan fingerprint density at radius 3 is 2.60 bits per heavy atom. The quantitative estimate of drug-likeness (QED) is 0.355. The highest BCUT2D eigenvalue weighted by Gasteiger charge is 2.34. The van der Waals surface area contributed by atoms with Crippen LogP contribution in [-0.2, 0) is 10.9 Å². The average molecular weight is 570 g/mol. The molecule has 4 aromatic rings. The molecule has 0 aliphatic carbocycles. The van der Waals surface area contributed by atoms with Gasteiger partial charge in [-0.25, -0.2) is 4.98 Å². The zero-order valence-corrected chi connectivity index (χ0v) is 21.8. The number of hydrogen-bond acceptors (Lipinski definition) is 7. The van der Waals surface area contributed by atoms with Gasteiger partial charge in [0, 0.05) is 35.3 Å². The number of carbonyl (C=O) groups excluding carboxylic acids is 1. The van der Waals surface area contributed by atoms with Crippen molar-refractivity contribution in [3.63, 3.8) is 0 Å². The van der Waals surface area contributed by atoms with Gasteiger partial charge in [-0.1, -0.05) is 41.9 Å². The number of halogens is 4. The zero-order chi connectivity index (χ0) is 27.9. The van der Waals surface area contributed by atoms with Crippen LogP contribution in [-0.4, -0.2) is 55.3 Å². The number of fused-ring (bicyclic) bond motifs is 2. The number of nitrogens with zero attached hydrogens (tertiary/aromatic N) is 4. The van der Waals surface area contributed by atoms with Gasteiger partial charge in [0.05, 0.1) is 47.9 Å². The molecule has 2 aromatic heterocycles. The van der Waals surface area contributed by atoms with E-state index in [9.17, 15) is 18.0 Å². The van der Waals surface area contributed by atoms with E-state index in [0.29, 0.717) is 72.9 Å². The van der Waals surface area contributed by atoms with Gasteiger partial charge in [-0.2, -0.15) is 13.2 Å². The molecule has 6 rings (SSSR count). The van der Waals surface area contributed by atoms with Crippen molar-refractivity contribution in [1.82, 2.24) is 15.4 Å². The fourth-order valence-electron chi connectivity index (χ4n) is 4.96. The van der Waals surface area contributed by atoms with Gasteiger partial charge in [-0.05, 0) is 24.3 Å². The third-order valence-electron chi connectivity index (χ3n) is 6.76. The topological polar surface area (TPSA) is 79.8 Å². The summed E-state index contributed by atoms with van der Waals surface area (Å²) in [6, 6.07) is 14.7. The number of hydrogen-bond donors (Lipinski definition) is 1. The Balaban J connectivity index is 1.46. The van der Waals surface area contributed by atoms with Crippen LogP contribution >= 0.6 is 11.6 Å². The lowest BCUT2D eigenvalue weighted by molar-refractivity contribution is -0.141. The highest BCUT2D eigenvalue weighted by atomic mass is 35.5. The number of anilines is 2. The Bertz CT molecular complexity index is 1590. The lowest BCUT2D eigenvalue weighted by atomic mass is 10.0. The van der Waals surface area contributed by atoms with E-state index >= 15 is 0 Å². The van der Waals surface area contributed by atoms with Gasteiger partial charge in [0.15, 0.2) is 0 Å². The Labute approximate surface area is 232 Å². The van der Waals surface area contributed by atoms with Gasteiger partial charge in [0.25, 0.3) is 5.91 Å². The molecule has 0 saturated carbocycles. The molecule has 8 nitrogen and oxygen atoms in total. The molecule has 12 heteroatoms. The molecule has 1 fully saturated rings. The lowest BCUT2D eigenvalue weighted by Gasteiger charge is -2.33. The molecular formula is C28H23ClF3N5O3. The SMILES string of the molecule is O=C(NN1CCOc2ccccc21)c1cnc2c(-c3cc(Cl)cc(C(F)(F)F)n3)cccc2c1N1CCOCC1. The minimum Gasteiger partial charge on any atom is -0.489 e. The number of amides is 1. The molecule has 0 atom stereocenters. The summed E-state index contributed by atoms with van der Waals surface area (Å²) in [4.78, 5) is 24.2. The Hall–Kier alpha value is -4.09. The predicted molar refractivity (Wildman–Crippen MR) is 145 cm³/mol. The highest BCUT2D eigenvalue weighted by Crippen LogP contribution is 2.38. The van der Waals surface area contributed by atoms with Crippen LogP contribution in [0.1, 0.15) is 16.1 Å². The van der Waals surface area contributed by atoms with Crippen molar-refractivity contribution in [3.05, 3.63) is 77.1 Å². The van der Waals surface area contributed by atoms with E-state index in [1.54, 1.807) is 23.2 Å². The highest BCUT2D eigenvalue weighted by molar-refractivity contribution is 6.31. The Morgan fingerprint density at radius 1 is 1.00 bits per heavy atom. The summed E-state index contributed by atoms with van der Waals surface area (Å²) in [7, 11) is 0. The smallest absolute Gasteiger partial charge is 0.433 e. The second-order valence-corrected chi connectivity index (χ2v) is 9.72. The summed E-state index contributed by atoms with van der Waals surface area (Å²) in [5.74, 6) is 0.286. The van der Waals surface area contributed by atoms with E-state index < -0.39 is 11.9 Å². The minimum atomic E-state index is -4.67. The lowest BCUT2D eigenvalue weighted by Crippen LogP contribution is -2.47. The number of benzene rings is 2. The molecule has 0 spiro atoms. The molecule has 1 saturated heterocycles.